The van der Waals surface area contributed by atoms with Gasteiger partial charge >= 0.3 is 0 Å². The Morgan fingerprint density at radius 2 is 2.29 bits per heavy atom. The maximum absolute atomic E-state index is 5.57. The number of allylic oxidation sites excluding steroid dienone is 4. The van der Waals surface area contributed by atoms with E-state index in [1.807, 2.05) is 0 Å². The molecule has 0 radical (unpaired) electrons. The third-order valence-electron chi connectivity index (χ3n) is 3.30. The fourth-order valence-electron chi connectivity index (χ4n) is 2.30. The first-order valence-corrected chi connectivity index (χ1v) is 5.34. The van der Waals surface area contributed by atoms with Gasteiger partial charge in [0.15, 0.2) is 0 Å². The average Bonchev–Trinajstić information content (AvgIpc) is 2.08. The molecular weight excluding hydrogens is 168 g/mol. The summed E-state index contributed by atoms with van der Waals surface area (Å²) in [5.41, 5.74) is 2.60. The van der Waals surface area contributed by atoms with Gasteiger partial charge in [0.2, 0.25) is 0 Å². The van der Waals surface area contributed by atoms with Gasteiger partial charge in [-0.3, -0.25) is 0 Å². The Bertz CT molecular complexity index is 307. The van der Waals surface area contributed by atoms with Crippen LogP contribution in [0.2, 0.25) is 0 Å². The molecule has 0 aromatic heterocycles. The van der Waals surface area contributed by atoms with Crippen LogP contribution in [-0.2, 0) is 0 Å². The van der Waals surface area contributed by atoms with Gasteiger partial charge in [0.05, 0.1) is 0 Å². The average molecular weight is 188 g/mol. The lowest BCUT2D eigenvalue weighted by Gasteiger charge is -2.37. The Morgan fingerprint density at radius 3 is 2.79 bits per heavy atom. The van der Waals surface area contributed by atoms with E-state index in [1.165, 1.54) is 12.0 Å². The lowest BCUT2D eigenvalue weighted by atomic mass is 9.66. The van der Waals surface area contributed by atoms with E-state index in [4.69, 9.17) is 6.42 Å². The van der Waals surface area contributed by atoms with E-state index in [-0.39, 0.29) is 5.41 Å². The second-order valence-electron chi connectivity index (χ2n) is 4.74. The Hall–Kier alpha value is -0.960. The van der Waals surface area contributed by atoms with E-state index < -0.39 is 0 Å². The van der Waals surface area contributed by atoms with Gasteiger partial charge in [0.1, 0.15) is 0 Å². The highest BCUT2D eigenvalue weighted by molar-refractivity contribution is 5.38. The Balaban J connectivity index is 3.14. The summed E-state index contributed by atoms with van der Waals surface area (Å²) in [6.45, 7) is 8.83. The van der Waals surface area contributed by atoms with Crippen LogP contribution in [-0.4, -0.2) is 0 Å². The SMILES string of the molecule is C#CC1=CCC[C@@H](C)[C@]1(C)C=C(C)C. The van der Waals surface area contributed by atoms with Gasteiger partial charge in [0, 0.05) is 11.0 Å². The van der Waals surface area contributed by atoms with Crippen LogP contribution in [0.3, 0.4) is 0 Å². The zero-order valence-corrected chi connectivity index (χ0v) is 9.72. The fourth-order valence-corrected chi connectivity index (χ4v) is 2.30. The van der Waals surface area contributed by atoms with Crippen LogP contribution in [0.25, 0.3) is 0 Å². The third-order valence-corrected chi connectivity index (χ3v) is 3.30. The van der Waals surface area contributed by atoms with Gasteiger partial charge in [-0.05, 0) is 32.6 Å². The molecule has 0 nitrogen and oxygen atoms in total. The van der Waals surface area contributed by atoms with Gasteiger partial charge in [-0.1, -0.05) is 37.5 Å². The summed E-state index contributed by atoms with van der Waals surface area (Å²) >= 11 is 0. The van der Waals surface area contributed by atoms with Crippen LogP contribution in [0.4, 0.5) is 0 Å². The molecule has 0 aromatic carbocycles. The van der Waals surface area contributed by atoms with E-state index in [1.54, 1.807) is 0 Å². The third kappa shape index (κ3) is 1.93. The van der Waals surface area contributed by atoms with Crippen molar-refractivity contribution >= 4 is 0 Å². The van der Waals surface area contributed by atoms with Gasteiger partial charge in [-0.2, -0.15) is 0 Å². The second kappa shape index (κ2) is 4.05. The van der Waals surface area contributed by atoms with Crippen molar-refractivity contribution in [3.05, 3.63) is 23.3 Å². The highest BCUT2D eigenvalue weighted by Crippen LogP contribution is 2.43. The van der Waals surface area contributed by atoms with Crippen molar-refractivity contribution in [1.29, 1.82) is 0 Å². The molecule has 0 heteroatoms. The van der Waals surface area contributed by atoms with Crippen molar-refractivity contribution in [3.63, 3.8) is 0 Å². The lowest BCUT2D eigenvalue weighted by molar-refractivity contribution is 0.303. The molecule has 14 heavy (non-hydrogen) atoms. The summed E-state index contributed by atoms with van der Waals surface area (Å²) in [4.78, 5) is 0. The largest absolute Gasteiger partial charge is 0.115 e. The van der Waals surface area contributed by atoms with Crippen molar-refractivity contribution < 1.29 is 0 Å². The van der Waals surface area contributed by atoms with Crippen molar-refractivity contribution in [2.24, 2.45) is 11.3 Å². The minimum absolute atomic E-state index is 0.0891. The minimum Gasteiger partial charge on any atom is -0.115 e. The second-order valence-corrected chi connectivity index (χ2v) is 4.74. The van der Waals surface area contributed by atoms with Crippen LogP contribution < -0.4 is 0 Å². The molecule has 1 rings (SSSR count). The smallest absolute Gasteiger partial charge is 0.0208 e. The molecule has 0 saturated carbocycles. The first-order chi connectivity index (χ1) is 6.50. The molecule has 0 saturated heterocycles. The van der Waals surface area contributed by atoms with Crippen LogP contribution >= 0.6 is 0 Å². The van der Waals surface area contributed by atoms with Crippen molar-refractivity contribution in [3.8, 4) is 12.3 Å². The summed E-state index contributed by atoms with van der Waals surface area (Å²) in [6.07, 6.45) is 12.5. The van der Waals surface area contributed by atoms with Gasteiger partial charge in [-0.15, -0.1) is 6.42 Å². The topological polar surface area (TPSA) is 0 Å². The lowest BCUT2D eigenvalue weighted by Crippen LogP contribution is -2.28. The van der Waals surface area contributed by atoms with E-state index in [2.05, 4.69) is 45.8 Å². The molecule has 1 aliphatic carbocycles. The van der Waals surface area contributed by atoms with E-state index >= 15 is 0 Å². The number of terminal acetylenes is 1. The molecule has 0 aromatic rings. The molecule has 0 unspecified atom stereocenters. The zero-order chi connectivity index (χ0) is 10.8. The van der Waals surface area contributed by atoms with Crippen LogP contribution in [0, 0.1) is 23.7 Å². The normalized spacial score (nSPS) is 31.6. The van der Waals surface area contributed by atoms with E-state index in [0.29, 0.717) is 5.92 Å². The molecule has 2 atom stereocenters. The standard InChI is InChI=1S/C14H20/c1-6-13-9-7-8-12(4)14(13,5)10-11(2)3/h1,9-10,12H,7-8H2,2-5H3/t12-,14+/m1/s1. The monoisotopic (exact) mass is 188 g/mol. The summed E-state index contributed by atoms with van der Waals surface area (Å²) in [7, 11) is 0. The van der Waals surface area contributed by atoms with Gasteiger partial charge < -0.3 is 0 Å². The van der Waals surface area contributed by atoms with Crippen molar-refractivity contribution in [2.75, 3.05) is 0 Å². The van der Waals surface area contributed by atoms with Crippen molar-refractivity contribution in [2.45, 2.75) is 40.5 Å². The molecule has 76 valence electrons. The highest BCUT2D eigenvalue weighted by Gasteiger charge is 2.34. The molecule has 0 heterocycles. The molecule has 1 aliphatic rings. The number of hydrogen-bond acceptors (Lipinski definition) is 0. The molecule has 0 spiro atoms. The molecule has 0 amide bonds. The fraction of sp³-hybridized carbons (Fsp3) is 0.571. The highest BCUT2D eigenvalue weighted by atomic mass is 14.4. The van der Waals surface area contributed by atoms with Crippen LogP contribution in [0.5, 0.6) is 0 Å². The first-order valence-electron chi connectivity index (χ1n) is 5.34. The maximum atomic E-state index is 5.57. The summed E-state index contributed by atoms with van der Waals surface area (Å²) in [6, 6.07) is 0. The summed E-state index contributed by atoms with van der Waals surface area (Å²) < 4.78 is 0. The summed E-state index contributed by atoms with van der Waals surface area (Å²) in [5, 5.41) is 0. The summed E-state index contributed by atoms with van der Waals surface area (Å²) in [5.74, 6) is 3.49. The van der Waals surface area contributed by atoms with E-state index in [9.17, 15) is 0 Å². The predicted octanol–water partition coefficient (Wildman–Crippen LogP) is 3.95. The maximum Gasteiger partial charge on any atom is 0.0208 e. The first kappa shape index (κ1) is 11.1. The number of hydrogen-bond donors (Lipinski definition) is 0. The Kier molecular flexibility index (Phi) is 3.21. The van der Waals surface area contributed by atoms with Gasteiger partial charge in [0.25, 0.3) is 0 Å². The van der Waals surface area contributed by atoms with Crippen LogP contribution in [0.15, 0.2) is 23.3 Å². The molecular formula is C14H20. The Labute approximate surface area is 88.1 Å². The molecule has 0 aliphatic heterocycles. The van der Waals surface area contributed by atoms with E-state index in [0.717, 1.165) is 12.0 Å². The zero-order valence-electron chi connectivity index (χ0n) is 9.72. The predicted molar refractivity (Wildman–Crippen MR) is 62.9 cm³/mol. The van der Waals surface area contributed by atoms with Crippen LogP contribution in [0.1, 0.15) is 40.5 Å². The Morgan fingerprint density at radius 1 is 1.64 bits per heavy atom. The molecule has 0 bridgehead atoms. The van der Waals surface area contributed by atoms with Crippen molar-refractivity contribution in [1.82, 2.24) is 0 Å². The minimum atomic E-state index is 0.0891. The number of rotatable bonds is 1. The van der Waals surface area contributed by atoms with Gasteiger partial charge in [-0.25, -0.2) is 0 Å². The quantitative estimate of drug-likeness (QED) is 0.432. The molecule has 0 fully saturated rings. The molecule has 0 N–H and O–H groups in total.